The molecule has 2 atom stereocenters. The maximum absolute atomic E-state index is 12.3. The highest BCUT2D eigenvalue weighted by Crippen LogP contribution is 2.24. The van der Waals surface area contributed by atoms with Crippen LogP contribution in [0.5, 0.6) is 11.5 Å². The number of rotatable bonds is 12. The Bertz CT molecular complexity index is 508. The first-order valence-corrected chi connectivity index (χ1v) is 10.1. The van der Waals surface area contributed by atoms with Crippen molar-refractivity contribution in [3.8, 4) is 11.5 Å². The molecule has 0 aromatic heterocycles. The van der Waals surface area contributed by atoms with Crippen molar-refractivity contribution in [2.45, 2.75) is 79.1 Å². The van der Waals surface area contributed by atoms with E-state index in [2.05, 4.69) is 13.8 Å². The normalized spacial score (nSPS) is 13.1. The van der Waals surface area contributed by atoms with Crippen LogP contribution in [-0.2, 0) is 9.59 Å². The molecule has 0 radical (unpaired) electrons. The zero-order chi connectivity index (χ0) is 19.4. The quantitative estimate of drug-likeness (QED) is 0.341. The molecule has 0 bridgehead atoms. The predicted molar refractivity (Wildman–Crippen MR) is 104 cm³/mol. The van der Waals surface area contributed by atoms with Gasteiger partial charge in [0.2, 0.25) is 0 Å². The molecule has 4 heteroatoms. The Hall–Kier alpha value is -1.84. The van der Waals surface area contributed by atoms with E-state index in [4.69, 9.17) is 9.47 Å². The highest BCUT2D eigenvalue weighted by molar-refractivity contribution is 5.76. The smallest absolute Gasteiger partial charge is 0.314 e. The first-order valence-electron chi connectivity index (χ1n) is 10.1. The first-order chi connectivity index (χ1) is 12.5. The maximum atomic E-state index is 12.3. The van der Waals surface area contributed by atoms with Crippen molar-refractivity contribution in [1.82, 2.24) is 0 Å². The van der Waals surface area contributed by atoms with Crippen LogP contribution in [-0.4, -0.2) is 11.9 Å². The Morgan fingerprint density at radius 1 is 0.808 bits per heavy atom. The summed E-state index contributed by atoms with van der Waals surface area (Å²) < 4.78 is 11.0. The number of hydrogen-bond acceptors (Lipinski definition) is 4. The molecule has 0 aliphatic carbocycles. The summed E-state index contributed by atoms with van der Waals surface area (Å²) in [6.07, 6.45) is 7.37. The number of ether oxygens (including phenoxy) is 2. The fourth-order valence-electron chi connectivity index (χ4n) is 2.88. The monoisotopic (exact) mass is 362 g/mol. The Morgan fingerprint density at radius 2 is 1.23 bits per heavy atom. The molecule has 0 heterocycles. The summed E-state index contributed by atoms with van der Waals surface area (Å²) in [6.45, 7) is 8.22. The second-order valence-electron chi connectivity index (χ2n) is 6.81. The van der Waals surface area contributed by atoms with Gasteiger partial charge in [-0.15, -0.1) is 0 Å². The van der Waals surface area contributed by atoms with Crippen molar-refractivity contribution in [1.29, 1.82) is 0 Å². The summed E-state index contributed by atoms with van der Waals surface area (Å²) in [7, 11) is 0. The van der Waals surface area contributed by atoms with Crippen LogP contribution in [0.3, 0.4) is 0 Å². The van der Waals surface area contributed by atoms with E-state index < -0.39 is 0 Å². The molecule has 26 heavy (non-hydrogen) atoms. The lowest BCUT2D eigenvalue weighted by molar-refractivity contribution is -0.139. The van der Waals surface area contributed by atoms with Crippen LogP contribution in [0.25, 0.3) is 0 Å². The van der Waals surface area contributed by atoms with Crippen LogP contribution in [0, 0.1) is 11.8 Å². The topological polar surface area (TPSA) is 52.6 Å². The lowest BCUT2D eigenvalue weighted by atomic mass is 10.00. The van der Waals surface area contributed by atoms with Crippen LogP contribution in [0.4, 0.5) is 0 Å². The van der Waals surface area contributed by atoms with Crippen LogP contribution in [0.1, 0.15) is 79.1 Å². The molecule has 0 N–H and O–H groups in total. The van der Waals surface area contributed by atoms with Gasteiger partial charge in [-0.3, -0.25) is 9.59 Å². The van der Waals surface area contributed by atoms with E-state index in [1.165, 1.54) is 0 Å². The van der Waals surface area contributed by atoms with Gasteiger partial charge in [0.05, 0.1) is 11.8 Å². The molecule has 0 aliphatic rings. The van der Waals surface area contributed by atoms with Gasteiger partial charge in [0.1, 0.15) is 11.5 Å². The van der Waals surface area contributed by atoms with Gasteiger partial charge in [0.25, 0.3) is 0 Å². The number of benzene rings is 1. The van der Waals surface area contributed by atoms with Gasteiger partial charge in [0, 0.05) is 6.07 Å². The predicted octanol–water partition coefficient (Wildman–Crippen LogP) is 5.93. The van der Waals surface area contributed by atoms with Crippen molar-refractivity contribution in [2.75, 3.05) is 0 Å². The van der Waals surface area contributed by atoms with E-state index in [1.54, 1.807) is 24.3 Å². The van der Waals surface area contributed by atoms with Gasteiger partial charge >= 0.3 is 11.9 Å². The highest BCUT2D eigenvalue weighted by atomic mass is 16.5. The van der Waals surface area contributed by atoms with Crippen molar-refractivity contribution >= 4 is 11.9 Å². The number of hydrogen-bond donors (Lipinski definition) is 0. The molecular weight excluding hydrogens is 328 g/mol. The van der Waals surface area contributed by atoms with Crippen molar-refractivity contribution in [3.05, 3.63) is 24.3 Å². The summed E-state index contributed by atoms with van der Waals surface area (Å²) >= 11 is 0. The number of unbranched alkanes of at least 4 members (excludes halogenated alkanes) is 2. The number of esters is 2. The second kappa shape index (κ2) is 12.5. The van der Waals surface area contributed by atoms with E-state index in [0.29, 0.717) is 11.5 Å². The first kappa shape index (κ1) is 22.2. The number of carbonyl (C=O) groups is 2. The summed E-state index contributed by atoms with van der Waals surface area (Å²) in [5.74, 6) is 0.269. The maximum Gasteiger partial charge on any atom is 0.314 e. The molecule has 4 nitrogen and oxygen atoms in total. The van der Waals surface area contributed by atoms with Crippen LogP contribution >= 0.6 is 0 Å². The largest absolute Gasteiger partial charge is 0.426 e. The second-order valence-corrected chi connectivity index (χ2v) is 6.81. The summed E-state index contributed by atoms with van der Waals surface area (Å²) in [5.41, 5.74) is 0. The van der Waals surface area contributed by atoms with Gasteiger partial charge in [-0.1, -0.05) is 59.4 Å². The molecule has 0 fully saturated rings. The van der Waals surface area contributed by atoms with E-state index in [0.717, 1.165) is 51.4 Å². The van der Waals surface area contributed by atoms with E-state index in [-0.39, 0.29) is 23.8 Å². The zero-order valence-corrected chi connectivity index (χ0v) is 16.8. The summed E-state index contributed by atoms with van der Waals surface area (Å²) in [5, 5.41) is 0. The minimum Gasteiger partial charge on any atom is -0.426 e. The standard InChI is InChI=1S/C22H34O4/c1-5-9-12-17(7-3)21(23)25-19-14-11-15-20(16-19)26-22(24)18(8-4)13-10-6-2/h11,14-18H,5-10,12-13H2,1-4H3. The van der Waals surface area contributed by atoms with Crippen molar-refractivity contribution in [3.63, 3.8) is 0 Å². The molecule has 2 unspecified atom stereocenters. The minimum atomic E-state index is -0.209. The SMILES string of the molecule is CCCCC(CC)C(=O)Oc1cccc(OC(=O)C(CC)CCCC)c1. The highest BCUT2D eigenvalue weighted by Gasteiger charge is 2.20. The molecule has 0 saturated heterocycles. The van der Waals surface area contributed by atoms with E-state index >= 15 is 0 Å². The van der Waals surface area contributed by atoms with Gasteiger partial charge in [-0.05, 0) is 37.8 Å². The molecule has 1 rings (SSSR count). The van der Waals surface area contributed by atoms with Gasteiger partial charge < -0.3 is 9.47 Å². The molecule has 146 valence electrons. The third kappa shape index (κ3) is 7.59. The summed E-state index contributed by atoms with van der Waals surface area (Å²) in [4.78, 5) is 24.7. The fraction of sp³-hybridized carbons (Fsp3) is 0.636. The molecule has 0 aliphatic heterocycles. The van der Waals surface area contributed by atoms with E-state index in [1.807, 2.05) is 13.8 Å². The molecule has 0 saturated carbocycles. The van der Waals surface area contributed by atoms with Crippen molar-refractivity contribution in [2.24, 2.45) is 11.8 Å². The van der Waals surface area contributed by atoms with E-state index in [9.17, 15) is 9.59 Å². The third-order valence-corrected chi connectivity index (χ3v) is 4.71. The summed E-state index contributed by atoms with van der Waals surface area (Å²) in [6, 6.07) is 6.80. The van der Waals surface area contributed by atoms with Crippen LogP contribution in [0.15, 0.2) is 24.3 Å². The molecular formula is C22H34O4. The Labute approximate surface area is 158 Å². The Morgan fingerprint density at radius 3 is 1.58 bits per heavy atom. The lowest BCUT2D eigenvalue weighted by Gasteiger charge is -2.15. The minimum absolute atomic E-state index is 0.0836. The molecule has 0 spiro atoms. The Balaban J connectivity index is 2.69. The Kier molecular flexibility index (Phi) is 10.7. The van der Waals surface area contributed by atoms with Gasteiger partial charge in [-0.25, -0.2) is 0 Å². The van der Waals surface area contributed by atoms with Crippen LogP contribution < -0.4 is 9.47 Å². The average Bonchev–Trinajstić information content (AvgIpc) is 2.63. The fourth-order valence-corrected chi connectivity index (χ4v) is 2.88. The van der Waals surface area contributed by atoms with Crippen LogP contribution in [0.2, 0.25) is 0 Å². The molecule has 0 amide bonds. The van der Waals surface area contributed by atoms with Gasteiger partial charge in [-0.2, -0.15) is 0 Å². The van der Waals surface area contributed by atoms with Crippen molar-refractivity contribution < 1.29 is 19.1 Å². The zero-order valence-electron chi connectivity index (χ0n) is 16.8. The average molecular weight is 363 g/mol. The molecule has 1 aromatic carbocycles. The van der Waals surface area contributed by atoms with Gasteiger partial charge in [0.15, 0.2) is 0 Å². The number of carbonyl (C=O) groups excluding carboxylic acids is 2. The lowest BCUT2D eigenvalue weighted by Crippen LogP contribution is -2.21. The molecule has 1 aromatic rings. The third-order valence-electron chi connectivity index (χ3n) is 4.71.